The Labute approximate surface area is 337 Å². The summed E-state index contributed by atoms with van der Waals surface area (Å²) in [6.45, 7) is 8.41. The number of aliphatic hydroxyl groups excluding tert-OH is 1. The quantitative estimate of drug-likeness (QED) is 0.0286. The molecule has 3 N–H and O–H groups in total. The van der Waals surface area contributed by atoms with Crippen molar-refractivity contribution in [2.24, 2.45) is 0 Å². The van der Waals surface area contributed by atoms with Crippen molar-refractivity contribution in [3.05, 3.63) is 158 Å². The Balaban J connectivity index is 1.22. The van der Waals surface area contributed by atoms with Crippen molar-refractivity contribution >= 4 is 29.8 Å². The van der Waals surface area contributed by atoms with Crippen molar-refractivity contribution in [1.82, 2.24) is 0 Å². The summed E-state index contributed by atoms with van der Waals surface area (Å²) >= 11 is 0. The van der Waals surface area contributed by atoms with E-state index in [-0.39, 0.29) is 38.6 Å². The molecule has 5 aromatic carbocycles. The first-order valence-corrected chi connectivity index (χ1v) is 18.5. The number of anilines is 2. The van der Waals surface area contributed by atoms with Gasteiger partial charge in [0.15, 0.2) is 18.5 Å². The molecule has 5 aromatic rings. The first kappa shape index (κ1) is 42.4. The second kappa shape index (κ2) is 22.1. The molecule has 12 nitrogen and oxygen atoms in total. The van der Waals surface area contributed by atoms with Gasteiger partial charge in [0.25, 0.3) is 0 Å². The van der Waals surface area contributed by atoms with Crippen molar-refractivity contribution in [1.29, 1.82) is 0 Å². The number of rotatable bonds is 21. The van der Waals surface area contributed by atoms with Gasteiger partial charge < -0.3 is 33.5 Å². The summed E-state index contributed by atoms with van der Waals surface area (Å²) in [4.78, 5) is 37.5. The van der Waals surface area contributed by atoms with E-state index in [2.05, 4.69) is 23.8 Å². The number of aliphatic hydroxyl groups is 1. The molecule has 0 aliphatic heterocycles. The Kier molecular flexibility index (Phi) is 16.2. The van der Waals surface area contributed by atoms with E-state index in [0.717, 1.165) is 22.3 Å². The molecule has 0 saturated heterocycles. The van der Waals surface area contributed by atoms with Crippen molar-refractivity contribution in [3.8, 4) is 33.8 Å². The van der Waals surface area contributed by atoms with Crippen LogP contribution in [0.2, 0.25) is 0 Å². The molecule has 0 aliphatic carbocycles. The largest absolute Gasteiger partial charge is 0.489 e. The van der Waals surface area contributed by atoms with Crippen LogP contribution in [0.5, 0.6) is 11.5 Å². The fourth-order valence-corrected chi connectivity index (χ4v) is 5.55. The first-order valence-electron chi connectivity index (χ1n) is 18.5. The molecule has 58 heavy (non-hydrogen) atoms. The monoisotopic (exact) mass is 786 g/mol. The molecule has 5 rings (SSSR count). The maximum atomic E-state index is 13.2. The number of carbonyl (C=O) groups is 3. The van der Waals surface area contributed by atoms with E-state index in [9.17, 15) is 19.5 Å². The highest BCUT2D eigenvalue weighted by Gasteiger charge is 2.21. The SMILES string of the molecule is C=CC(O)OCC(COc1ccccc1-c1ccccc1)OC(=O)Nc1cc(NC(=O)OC(COCC(=C)C=O)COc2ccccc2-c2ccccc2)ccc1C. The smallest absolute Gasteiger partial charge is 0.412 e. The Morgan fingerprint density at radius 1 is 0.690 bits per heavy atom. The standard InChI is InChI=1S/C46H46N2O10/c1-4-44(50)56-31-38(30-55-43-22-14-12-20-40(43)35-17-9-6-10-18-35)58-46(52)48-41-25-36(24-23-33(41)3)47-45(51)57-37(28-53-27-32(2)26-49)29-54-42-21-13-11-19-39(42)34-15-7-5-8-16-34/h4-26,37-38,44,50H,1-2,27-31H2,3H3,(H,47,51)(H,48,52). The van der Waals surface area contributed by atoms with Gasteiger partial charge in [-0.2, -0.15) is 0 Å². The molecule has 0 aromatic heterocycles. The van der Waals surface area contributed by atoms with Gasteiger partial charge in [0.2, 0.25) is 0 Å². The van der Waals surface area contributed by atoms with Crippen LogP contribution in [0.3, 0.4) is 0 Å². The van der Waals surface area contributed by atoms with Crippen LogP contribution in [0, 0.1) is 6.92 Å². The average Bonchev–Trinajstić information content (AvgIpc) is 3.25. The zero-order valence-corrected chi connectivity index (χ0v) is 32.1. The molecular weight excluding hydrogens is 741 g/mol. The summed E-state index contributed by atoms with van der Waals surface area (Å²) in [6.07, 6.45) is -2.96. The minimum atomic E-state index is -1.28. The summed E-state index contributed by atoms with van der Waals surface area (Å²) in [5.74, 6) is 1.15. The zero-order chi connectivity index (χ0) is 41.1. The average molecular weight is 787 g/mol. The minimum absolute atomic E-state index is 0.0520. The van der Waals surface area contributed by atoms with Crippen molar-refractivity contribution in [3.63, 3.8) is 0 Å². The van der Waals surface area contributed by atoms with Crippen LogP contribution < -0.4 is 20.1 Å². The maximum absolute atomic E-state index is 13.2. The highest BCUT2D eigenvalue weighted by Crippen LogP contribution is 2.31. The molecule has 0 aliphatic rings. The number of benzene rings is 5. The molecule has 300 valence electrons. The zero-order valence-electron chi connectivity index (χ0n) is 32.1. The lowest BCUT2D eigenvalue weighted by Crippen LogP contribution is -2.33. The van der Waals surface area contributed by atoms with Gasteiger partial charge in [-0.15, -0.1) is 0 Å². The Morgan fingerprint density at radius 2 is 1.21 bits per heavy atom. The van der Waals surface area contributed by atoms with Gasteiger partial charge in [0.1, 0.15) is 31.0 Å². The van der Waals surface area contributed by atoms with E-state index in [4.69, 9.17) is 28.4 Å². The molecule has 2 amide bonds. The normalized spacial score (nSPS) is 12.2. The number of carbonyl (C=O) groups excluding carboxylic acids is 3. The maximum Gasteiger partial charge on any atom is 0.412 e. The number of ether oxygens (including phenoxy) is 6. The highest BCUT2D eigenvalue weighted by molar-refractivity contribution is 5.90. The lowest BCUT2D eigenvalue weighted by atomic mass is 10.1. The molecule has 0 bridgehead atoms. The van der Waals surface area contributed by atoms with Crippen LogP contribution in [-0.2, 0) is 23.7 Å². The van der Waals surface area contributed by atoms with Crippen molar-refractivity contribution in [2.45, 2.75) is 25.4 Å². The lowest BCUT2D eigenvalue weighted by Gasteiger charge is -2.21. The molecule has 0 fully saturated rings. The van der Waals surface area contributed by atoms with Crippen LogP contribution in [0.4, 0.5) is 21.0 Å². The highest BCUT2D eigenvalue weighted by atomic mass is 16.6. The number of amides is 2. The summed E-state index contributed by atoms with van der Waals surface area (Å²) in [5.41, 5.74) is 5.16. The number of para-hydroxylation sites is 2. The minimum Gasteiger partial charge on any atom is -0.489 e. The fraction of sp³-hybridized carbons (Fsp3) is 0.196. The van der Waals surface area contributed by atoms with E-state index in [1.807, 2.05) is 109 Å². The molecule has 0 radical (unpaired) electrons. The number of aryl methyl sites for hydroxylation is 1. The van der Waals surface area contributed by atoms with Crippen molar-refractivity contribution < 1.29 is 47.9 Å². The van der Waals surface area contributed by atoms with Crippen LogP contribution in [0.1, 0.15) is 5.56 Å². The number of hydrogen-bond donors (Lipinski definition) is 3. The lowest BCUT2D eigenvalue weighted by molar-refractivity contribution is -0.105. The third-order valence-corrected chi connectivity index (χ3v) is 8.47. The summed E-state index contributed by atoms with van der Waals surface area (Å²) in [7, 11) is 0. The summed E-state index contributed by atoms with van der Waals surface area (Å²) < 4.78 is 34.6. The van der Waals surface area contributed by atoms with Gasteiger partial charge in [-0.3, -0.25) is 15.4 Å². The number of nitrogens with one attached hydrogen (secondary N) is 2. The van der Waals surface area contributed by atoms with Crippen molar-refractivity contribution in [2.75, 3.05) is 43.7 Å². The van der Waals surface area contributed by atoms with Crippen LogP contribution >= 0.6 is 0 Å². The summed E-state index contributed by atoms with van der Waals surface area (Å²) in [5, 5.41) is 15.3. The number of aldehydes is 1. The van der Waals surface area contributed by atoms with Crippen LogP contribution in [0.25, 0.3) is 22.3 Å². The Hall–Kier alpha value is -6.73. The third kappa shape index (κ3) is 13.2. The van der Waals surface area contributed by atoms with Gasteiger partial charge in [0.05, 0.1) is 19.8 Å². The Bertz CT molecular complexity index is 2130. The van der Waals surface area contributed by atoms with E-state index in [0.29, 0.717) is 34.7 Å². The predicted octanol–water partition coefficient (Wildman–Crippen LogP) is 8.61. The Morgan fingerprint density at radius 3 is 1.76 bits per heavy atom. The second-order valence-corrected chi connectivity index (χ2v) is 12.9. The molecular formula is C46H46N2O10. The van der Waals surface area contributed by atoms with Crippen LogP contribution in [-0.4, -0.2) is 75.1 Å². The van der Waals surface area contributed by atoms with E-state index in [1.165, 1.54) is 6.08 Å². The van der Waals surface area contributed by atoms with Gasteiger partial charge >= 0.3 is 12.2 Å². The first-order chi connectivity index (χ1) is 28.2. The van der Waals surface area contributed by atoms with Gasteiger partial charge in [-0.05, 0) is 54.0 Å². The van der Waals surface area contributed by atoms with E-state index >= 15 is 0 Å². The third-order valence-electron chi connectivity index (χ3n) is 8.47. The number of hydrogen-bond acceptors (Lipinski definition) is 10. The van der Waals surface area contributed by atoms with E-state index in [1.54, 1.807) is 25.1 Å². The molecule has 12 heteroatoms. The molecule has 0 spiro atoms. The van der Waals surface area contributed by atoms with Gasteiger partial charge in [-0.1, -0.05) is 116 Å². The fourth-order valence-electron chi connectivity index (χ4n) is 5.55. The molecule has 0 heterocycles. The topological polar surface area (TPSA) is 151 Å². The van der Waals surface area contributed by atoms with E-state index < -0.39 is 30.7 Å². The second-order valence-electron chi connectivity index (χ2n) is 12.9. The van der Waals surface area contributed by atoms with Gasteiger partial charge in [0, 0.05) is 28.1 Å². The van der Waals surface area contributed by atoms with Crippen LogP contribution in [0.15, 0.2) is 152 Å². The molecule has 0 saturated carbocycles. The molecule has 3 atom stereocenters. The summed E-state index contributed by atoms with van der Waals surface area (Å²) in [6, 6.07) is 39.3. The van der Waals surface area contributed by atoms with Gasteiger partial charge in [-0.25, -0.2) is 9.59 Å². The predicted molar refractivity (Wildman–Crippen MR) is 222 cm³/mol. The molecule has 3 unspecified atom stereocenters.